The molecule has 0 bridgehead atoms. The van der Waals surface area contributed by atoms with Crippen LogP contribution in [-0.2, 0) is 11.2 Å². The second-order valence-corrected chi connectivity index (χ2v) is 5.41. The van der Waals surface area contributed by atoms with E-state index in [0.717, 1.165) is 12.8 Å². The molecule has 0 amide bonds. The average molecular weight is 234 g/mol. The van der Waals surface area contributed by atoms with Crippen LogP contribution in [-0.4, -0.2) is 24.4 Å². The molecule has 1 atom stereocenters. The van der Waals surface area contributed by atoms with Gasteiger partial charge < -0.3 is 9.84 Å². The first kappa shape index (κ1) is 12.6. The summed E-state index contributed by atoms with van der Waals surface area (Å²) in [6, 6.07) is 6.43. The van der Waals surface area contributed by atoms with Crippen LogP contribution in [0.4, 0.5) is 0 Å². The summed E-state index contributed by atoms with van der Waals surface area (Å²) in [7, 11) is 1.66. The van der Waals surface area contributed by atoms with Gasteiger partial charge in [0.05, 0.1) is 12.2 Å². The number of ether oxygens (including phenoxy) is 1. The lowest BCUT2D eigenvalue weighted by Crippen LogP contribution is -2.39. The third-order valence-electron chi connectivity index (χ3n) is 3.81. The van der Waals surface area contributed by atoms with Crippen LogP contribution < -0.4 is 0 Å². The monoisotopic (exact) mass is 234 g/mol. The minimum atomic E-state index is -0.670. The molecule has 2 nitrogen and oxygen atoms in total. The lowest BCUT2D eigenvalue weighted by Gasteiger charge is -2.27. The molecule has 1 saturated carbocycles. The van der Waals surface area contributed by atoms with Crippen LogP contribution in [0.3, 0.4) is 0 Å². The van der Waals surface area contributed by atoms with E-state index in [-0.39, 0.29) is 0 Å². The number of rotatable bonds is 5. The number of aliphatic hydroxyl groups is 1. The zero-order valence-corrected chi connectivity index (χ0v) is 11.0. The highest BCUT2D eigenvalue weighted by molar-refractivity contribution is 5.31. The van der Waals surface area contributed by atoms with Crippen molar-refractivity contribution in [3.63, 3.8) is 0 Å². The van der Waals surface area contributed by atoms with Gasteiger partial charge in [-0.2, -0.15) is 0 Å². The van der Waals surface area contributed by atoms with E-state index in [4.69, 9.17) is 4.74 Å². The van der Waals surface area contributed by atoms with Crippen LogP contribution in [0.5, 0.6) is 0 Å². The first-order valence-corrected chi connectivity index (χ1v) is 6.32. The van der Waals surface area contributed by atoms with Gasteiger partial charge in [-0.3, -0.25) is 0 Å². The van der Waals surface area contributed by atoms with Gasteiger partial charge in [-0.25, -0.2) is 0 Å². The van der Waals surface area contributed by atoms with Crippen LogP contribution in [0.25, 0.3) is 0 Å². The van der Waals surface area contributed by atoms with E-state index in [0.29, 0.717) is 18.9 Å². The Bertz CT molecular complexity index is 396. The highest BCUT2D eigenvalue weighted by atomic mass is 16.5. The largest absolute Gasteiger partial charge is 0.387 e. The molecule has 0 saturated heterocycles. The van der Waals surface area contributed by atoms with Gasteiger partial charge in [0.2, 0.25) is 0 Å². The van der Waals surface area contributed by atoms with E-state index in [2.05, 4.69) is 32.0 Å². The van der Waals surface area contributed by atoms with Crippen LogP contribution in [0.15, 0.2) is 18.2 Å². The van der Waals surface area contributed by atoms with Crippen molar-refractivity contribution in [3.8, 4) is 0 Å². The predicted octanol–water partition coefficient (Wildman–Crippen LogP) is 2.63. The fraction of sp³-hybridized carbons (Fsp3) is 0.600. The number of aryl methyl sites for hydroxylation is 2. The second-order valence-electron chi connectivity index (χ2n) is 5.41. The summed E-state index contributed by atoms with van der Waals surface area (Å²) in [6.45, 7) is 4.66. The van der Waals surface area contributed by atoms with Gasteiger partial charge in [-0.05, 0) is 49.3 Å². The van der Waals surface area contributed by atoms with Crippen molar-refractivity contribution in [3.05, 3.63) is 34.9 Å². The van der Waals surface area contributed by atoms with Crippen molar-refractivity contribution in [1.29, 1.82) is 0 Å². The summed E-state index contributed by atoms with van der Waals surface area (Å²) in [5.41, 5.74) is 3.13. The molecule has 0 aliphatic heterocycles. The van der Waals surface area contributed by atoms with Gasteiger partial charge >= 0.3 is 0 Å². The SMILES string of the molecule is COCC(O)(Cc1ccc(C)c(C)c1)C1CC1. The summed E-state index contributed by atoms with van der Waals surface area (Å²) in [6.07, 6.45) is 2.96. The quantitative estimate of drug-likeness (QED) is 0.848. The van der Waals surface area contributed by atoms with E-state index < -0.39 is 5.60 Å². The van der Waals surface area contributed by atoms with E-state index >= 15 is 0 Å². The van der Waals surface area contributed by atoms with Crippen molar-refractivity contribution >= 4 is 0 Å². The minimum absolute atomic E-state index is 0.420. The molecule has 0 radical (unpaired) electrons. The van der Waals surface area contributed by atoms with Gasteiger partial charge in [-0.1, -0.05) is 18.2 Å². The van der Waals surface area contributed by atoms with Crippen LogP contribution in [0.2, 0.25) is 0 Å². The summed E-state index contributed by atoms with van der Waals surface area (Å²) in [5, 5.41) is 10.6. The Hall–Kier alpha value is -0.860. The Labute approximate surface area is 104 Å². The molecule has 1 fully saturated rings. The molecule has 0 aromatic heterocycles. The van der Waals surface area contributed by atoms with Crippen LogP contribution in [0.1, 0.15) is 29.5 Å². The maximum Gasteiger partial charge on any atom is 0.0947 e. The summed E-state index contributed by atoms with van der Waals surface area (Å²) < 4.78 is 5.18. The van der Waals surface area contributed by atoms with Crippen LogP contribution >= 0.6 is 0 Å². The van der Waals surface area contributed by atoms with Crippen molar-refractivity contribution in [2.45, 2.75) is 38.7 Å². The molecule has 2 heteroatoms. The van der Waals surface area contributed by atoms with E-state index in [1.165, 1.54) is 16.7 Å². The van der Waals surface area contributed by atoms with E-state index in [1.54, 1.807) is 7.11 Å². The normalized spacial score (nSPS) is 19.1. The molecule has 0 heterocycles. The summed E-state index contributed by atoms with van der Waals surface area (Å²) in [4.78, 5) is 0. The van der Waals surface area contributed by atoms with Gasteiger partial charge in [0.15, 0.2) is 0 Å². The number of methoxy groups -OCH3 is 1. The molecular weight excluding hydrogens is 212 g/mol. The molecule has 1 aliphatic rings. The maximum atomic E-state index is 10.6. The number of benzene rings is 1. The fourth-order valence-electron chi connectivity index (χ4n) is 2.45. The van der Waals surface area contributed by atoms with Gasteiger partial charge in [0, 0.05) is 13.5 Å². The standard InChI is InChI=1S/C15H22O2/c1-11-4-5-13(8-12(11)2)9-15(16,10-17-3)14-6-7-14/h4-5,8,14,16H,6-7,9-10H2,1-3H3. The van der Waals surface area contributed by atoms with E-state index in [9.17, 15) is 5.11 Å². The van der Waals surface area contributed by atoms with E-state index in [1.807, 2.05) is 0 Å². The zero-order chi connectivity index (χ0) is 12.5. The van der Waals surface area contributed by atoms with Crippen molar-refractivity contribution in [2.24, 2.45) is 5.92 Å². The lowest BCUT2D eigenvalue weighted by atomic mass is 9.89. The van der Waals surface area contributed by atoms with Crippen molar-refractivity contribution in [1.82, 2.24) is 0 Å². The molecule has 94 valence electrons. The summed E-state index contributed by atoms with van der Waals surface area (Å²) in [5.74, 6) is 0.420. The molecule has 1 unspecified atom stereocenters. The topological polar surface area (TPSA) is 29.5 Å². The summed E-state index contributed by atoms with van der Waals surface area (Å²) >= 11 is 0. The molecule has 2 rings (SSSR count). The number of hydrogen-bond acceptors (Lipinski definition) is 2. The molecular formula is C15H22O2. The molecule has 0 spiro atoms. The van der Waals surface area contributed by atoms with Crippen molar-refractivity contribution in [2.75, 3.05) is 13.7 Å². The molecule has 1 N–H and O–H groups in total. The smallest absolute Gasteiger partial charge is 0.0947 e. The Morgan fingerprint density at radius 2 is 2.00 bits per heavy atom. The predicted molar refractivity (Wildman–Crippen MR) is 69.2 cm³/mol. The maximum absolute atomic E-state index is 10.6. The fourth-order valence-corrected chi connectivity index (χ4v) is 2.45. The zero-order valence-electron chi connectivity index (χ0n) is 11.0. The molecule has 1 aromatic carbocycles. The Morgan fingerprint density at radius 1 is 1.29 bits per heavy atom. The van der Waals surface area contributed by atoms with Crippen molar-refractivity contribution < 1.29 is 9.84 Å². The highest BCUT2D eigenvalue weighted by Crippen LogP contribution is 2.41. The Kier molecular flexibility index (Phi) is 3.55. The third-order valence-corrected chi connectivity index (χ3v) is 3.81. The second kappa shape index (κ2) is 4.79. The van der Waals surface area contributed by atoms with Gasteiger partial charge in [-0.15, -0.1) is 0 Å². The molecule has 1 aromatic rings. The third kappa shape index (κ3) is 2.88. The Morgan fingerprint density at radius 3 is 2.53 bits per heavy atom. The first-order chi connectivity index (χ1) is 8.05. The molecule has 1 aliphatic carbocycles. The van der Waals surface area contributed by atoms with Gasteiger partial charge in [0.1, 0.15) is 0 Å². The highest BCUT2D eigenvalue weighted by Gasteiger charge is 2.43. The van der Waals surface area contributed by atoms with Crippen LogP contribution in [0, 0.1) is 19.8 Å². The first-order valence-electron chi connectivity index (χ1n) is 6.32. The average Bonchev–Trinajstić information content (AvgIpc) is 3.07. The van der Waals surface area contributed by atoms with Gasteiger partial charge in [0.25, 0.3) is 0 Å². The molecule has 17 heavy (non-hydrogen) atoms. The Balaban J connectivity index is 2.14. The number of hydrogen-bond donors (Lipinski definition) is 1. The lowest BCUT2D eigenvalue weighted by molar-refractivity contribution is -0.0474. The minimum Gasteiger partial charge on any atom is -0.387 e.